The lowest BCUT2D eigenvalue weighted by molar-refractivity contribution is 0.261. The van der Waals surface area contributed by atoms with E-state index < -0.39 is 11.8 Å². The largest absolute Gasteiger partial charge is 0.457 e. The molecule has 194 valence electrons. The average Bonchev–Trinajstić information content (AvgIpc) is 3.49. The van der Waals surface area contributed by atoms with E-state index in [9.17, 15) is 9.18 Å². The van der Waals surface area contributed by atoms with Gasteiger partial charge in [-0.15, -0.1) is 0 Å². The van der Waals surface area contributed by atoms with Crippen molar-refractivity contribution in [3.63, 3.8) is 0 Å². The normalized spacial score (nSPS) is 11.5. The first-order valence-electron chi connectivity index (χ1n) is 11.7. The third kappa shape index (κ3) is 6.91. The predicted octanol–water partition coefficient (Wildman–Crippen LogP) is 5.37. The molecule has 0 radical (unpaired) electrons. The highest BCUT2D eigenvalue weighted by atomic mass is 19.1. The Labute approximate surface area is 214 Å². The zero-order valence-electron chi connectivity index (χ0n) is 21.4. The fourth-order valence-electron chi connectivity index (χ4n) is 3.30. The van der Waals surface area contributed by atoms with Gasteiger partial charge in [0.15, 0.2) is 0 Å². The van der Waals surface area contributed by atoms with Crippen LogP contribution in [0.15, 0.2) is 59.5 Å². The SMILES string of the molecule is CN(C)CCn1cc(-c2cc(Oc3ccc(NC(=O)Nc4cc(C(C)(C)C)no4)c(F)c3)ccn2)cn1. The molecule has 10 nitrogen and oxygen atoms in total. The maximum absolute atomic E-state index is 14.7. The fourth-order valence-corrected chi connectivity index (χ4v) is 3.30. The number of amides is 2. The van der Waals surface area contributed by atoms with Crippen LogP contribution in [0.1, 0.15) is 26.5 Å². The van der Waals surface area contributed by atoms with Gasteiger partial charge in [0.25, 0.3) is 0 Å². The van der Waals surface area contributed by atoms with Gasteiger partial charge in [0.1, 0.15) is 17.3 Å². The lowest BCUT2D eigenvalue weighted by atomic mass is 9.92. The smallest absolute Gasteiger partial charge is 0.326 e. The zero-order chi connectivity index (χ0) is 26.6. The number of pyridine rings is 1. The second-order valence-corrected chi connectivity index (χ2v) is 9.82. The standard InChI is InChI=1S/C26H30FN7O3/c1-26(2,3)23-14-24(37-32-23)31-25(35)30-21-7-6-18(12-20(21)27)36-19-8-9-28-22(13-19)17-15-29-34(16-17)11-10-33(4)5/h6-9,12-16H,10-11H2,1-5H3,(H2,30,31,35). The molecule has 4 aromatic rings. The number of halogens is 1. The Kier molecular flexibility index (Phi) is 7.53. The average molecular weight is 508 g/mol. The molecule has 0 saturated carbocycles. The first kappa shape index (κ1) is 25.8. The third-order valence-electron chi connectivity index (χ3n) is 5.38. The van der Waals surface area contributed by atoms with E-state index in [0.29, 0.717) is 17.1 Å². The molecule has 0 aliphatic carbocycles. The molecule has 1 aromatic carbocycles. The van der Waals surface area contributed by atoms with Gasteiger partial charge in [-0.3, -0.25) is 15.0 Å². The highest BCUT2D eigenvalue weighted by Gasteiger charge is 2.20. The molecule has 11 heteroatoms. The minimum absolute atomic E-state index is 0.0130. The number of rotatable bonds is 8. The van der Waals surface area contributed by atoms with Gasteiger partial charge in [0.2, 0.25) is 5.88 Å². The molecule has 0 spiro atoms. The van der Waals surface area contributed by atoms with Crippen LogP contribution in [0.3, 0.4) is 0 Å². The molecule has 0 unspecified atom stereocenters. The second kappa shape index (κ2) is 10.8. The number of ether oxygens (including phenoxy) is 1. The number of hydrogen-bond acceptors (Lipinski definition) is 7. The van der Waals surface area contributed by atoms with Gasteiger partial charge in [0.05, 0.1) is 29.8 Å². The number of nitrogens with one attached hydrogen (secondary N) is 2. The number of aromatic nitrogens is 4. The summed E-state index contributed by atoms with van der Waals surface area (Å²) in [6, 6.07) is 8.58. The quantitative estimate of drug-likeness (QED) is 0.330. The highest BCUT2D eigenvalue weighted by molar-refractivity contribution is 5.99. The molecule has 0 atom stereocenters. The van der Waals surface area contributed by atoms with Crippen molar-refractivity contribution in [3.8, 4) is 22.8 Å². The number of nitrogens with zero attached hydrogens (tertiary/aromatic N) is 5. The number of likely N-dealkylation sites (N-methyl/N-ethyl adjacent to an activating group) is 1. The van der Waals surface area contributed by atoms with Gasteiger partial charge in [-0.1, -0.05) is 25.9 Å². The number of hydrogen-bond donors (Lipinski definition) is 2. The molecule has 0 saturated heterocycles. The van der Waals surface area contributed by atoms with Crippen molar-refractivity contribution in [1.29, 1.82) is 0 Å². The molecule has 4 rings (SSSR count). The number of carbonyl (C=O) groups excluding carboxylic acids is 1. The Morgan fingerprint density at radius 2 is 1.92 bits per heavy atom. The number of anilines is 2. The van der Waals surface area contributed by atoms with Gasteiger partial charge in [0, 0.05) is 48.1 Å². The summed E-state index contributed by atoms with van der Waals surface area (Å²) < 4.78 is 27.5. The molecule has 3 heterocycles. The van der Waals surface area contributed by atoms with Crippen molar-refractivity contribution in [3.05, 3.63) is 66.5 Å². The molecule has 3 aromatic heterocycles. The molecule has 37 heavy (non-hydrogen) atoms. The molecular weight excluding hydrogens is 477 g/mol. The van der Waals surface area contributed by atoms with E-state index in [1.165, 1.54) is 12.1 Å². The zero-order valence-corrected chi connectivity index (χ0v) is 21.4. The first-order chi connectivity index (χ1) is 17.6. The lowest BCUT2D eigenvalue weighted by Crippen LogP contribution is -2.19. The van der Waals surface area contributed by atoms with Crippen molar-refractivity contribution < 1.29 is 18.4 Å². The van der Waals surface area contributed by atoms with Crippen molar-refractivity contribution in [2.75, 3.05) is 31.3 Å². The predicted molar refractivity (Wildman–Crippen MR) is 138 cm³/mol. The van der Waals surface area contributed by atoms with Crippen molar-refractivity contribution in [2.45, 2.75) is 32.7 Å². The van der Waals surface area contributed by atoms with Crippen LogP contribution in [0, 0.1) is 5.82 Å². The lowest BCUT2D eigenvalue weighted by Gasteiger charge is -2.12. The fraction of sp³-hybridized carbons (Fsp3) is 0.308. The van der Waals surface area contributed by atoms with E-state index in [1.54, 1.807) is 36.7 Å². The van der Waals surface area contributed by atoms with Crippen molar-refractivity contribution in [2.24, 2.45) is 0 Å². The summed E-state index contributed by atoms with van der Waals surface area (Å²) in [5, 5.41) is 13.3. The maximum atomic E-state index is 14.7. The van der Waals surface area contributed by atoms with Crippen LogP contribution in [0.25, 0.3) is 11.3 Å². The van der Waals surface area contributed by atoms with E-state index in [-0.39, 0.29) is 22.7 Å². The van der Waals surface area contributed by atoms with E-state index >= 15 is 0 Å². The Morgan fingerprint density at radius 3 is 2.62 bits per heavy atom. The van der Waals surface area contributed by atoms with Crippen molar-refractivity contribution in [1.82, 2.24) is 24.8 Å². The van der Waals surface area contributed by atoms with Crippen LogP contribution in [-0.4, -0.2) is 51.5 Å². The van der Waals surface area contributed by atoms with Gasteiger partial charge in [-0.05, 0) is 32.3 Å². The van der Waals surface area contributed by atoms with Crippen molar-refractivity contribution >= 4 is 17.6 Å². The molecule has 0 bridgehead atoms. The van der Waals surface area contributed by atoms with Crippen LogP contribution in [-0.2, 0) is 12.0 Å². The van der Waals surface area contributed by atoms with Gasteiger partial charge in [-0.2, -0.15) is 5.10 Å². The molecule has 2 amide bonds. The minimum Gasteiger partial charge on any atom is -0.457 e. The highest BCUT2D eigenvalue weighted by Crippen LogP contribution is 2.28. The topological polar surface area (TPSA) is 110 Å². The van der Waals surface area contributed by atoms with E-state index in [0.717, 1.165) is 18.7 Å². The van der Waals surface area contributed by atoms with Crippen LogP contribution in [0.4, 0.5) is 20.8 Å². The number of urea groups is 1. The summed E-state index contributed by atoms with van der Waals surface area (Å²) in [5.74, 6) is 0.271. The summed E-state index contributed by atoms with van der Waals surface area (Å²) in [4.78, 5) is 18.8. The van der Waals surface area contributed by atoms with E-state index in [1.807, 2.05) is 45.7 Å². The summed E-state index contributed by atoms with van der Waals surface area (Å²) >= 11 is 0. The summed E-state index contributed by atoms with van der Waals surface area (Å²) in [6.07, 6.45) is 5.28. The monoisotopic (exact) mass is 507 g/mol. The number of benzene rings is 1. The Bertz CT molecular complexity index is 1370. The van der Waals surface area contributed by atoms with Crippen LogP contribution >= 0.6 is 0 Å². The second-order valence-electron chi connectivity index (χ2n) is 9.82. The van der Waals surface area contributed by atoms with Gasteiger partial charge in [-0.25, -0.2) is 9.18 Å². The van der Waals surface area contributed by atoms with Gasteiger partial charge >= 0.3 is 6.03 Å². The first-order valence-corrected chi connectivity index (χ1v) is 11.7. The Hall–Kier alpha value is -4.25. The molecular formula is C26H30FN7O3. The maximum Gasteiger partial charge on any atom is 0.326 e. The summed E-state index contributed by atoms with van der Waals surface area (Å²) in [7, 11) is 4.02. The number of carbonyl (C=O) groups is 1. The van der Waals surface area contributed by atoms with Gasteiger partial charge < -0.3 is 19.5 Å². The molecule has 0 fully saturated rings. The van der Waals surface area contributed by atoms with Crippen LogP contribution in [0.2, 0.25) is 0 Å². The van der Waals surface area contributed by atoms with Crippen LogP contribution < -0.4 is 15.4 Å². The Balaban J connectivity index is 1.38. The Morgan fingerprint density at radius 1 is 1.14 bits per heavy atom. The molecule has 2 N–H and O–H groups in total. The minimum atomic E-state index is -0.658. The molecule has 0 aliphatic heterocycles. The summed E-state index contributed by atoms with van der Waals surface area (Å²) in [5.41, 5.74) is 1.98. The van der Waals surface area contributed by atoms with E-state index in [4.69, 9.17) is 9.26 Å². The van der Waals surface area contributed by atoms with Crippen LogP contribution in [0.5, 0.6) is 11.5 Å². The third-order valence-corrected chi connectivity index (χ3v) is 5.38. The summed E-state index contributed by atoms with van der Waals surface area (Å²) in [6.45, 7) is 7.55. The van der Waals surface area contributed by atoms with E-state index in [2.05, 4.69) is 30.8 Å². The molecule has 0 aliphatic rings.